The van der Waals surface area contributed by atoms with Gasteiger partial charge >= 0.3 is 12.0 Å². The van der Waals surface area contributed by atoms with Crippen molar-refractivity contribution in [3.63, 3.8) is 0 Å². The smallest absolute Gasteiger partial charge is 0.329 e. The van der Waals surface area contributed by atoms with Gasteiger partial charge in [-0.1, -0.05) is 6.08 Å². The molecule has 1 unspecified atom stereocenters. The summed E-state index contributed by atoms with van der Waals surface area (Å²) in [6, 6.07) is -0.0113. The number of hydrogen-bond acceptors (Lipinski definition) is 3. The van der Waals surface area contributed by atoms with Crippen molar-refractivity contribution in [3.8, 4) is 0 Å². The van der Waals surface area contributed by atoms with Crippen LogP contribution in [0.2, 0.25) is 0 Å². The van der Waals surface area contributed by atoms with E-state index in [-0.39, 0.29) is 18.6 Å². The maximum absolute atomic E-state index is 12.1. The summed E-state index contributed by atoms with van der Waals surface area (Å²) in [5.41, 5.74) is 0. The molecule has 0 aromatic heterocycles. The summed E-state index contributed by atoms with van der Waals surface area (Å²) < 4.78 is 5.10. The van der Waals surface area contributed by atoms with Gasteiger partial charge in [-0.05, 0) is 12.8 Å². The molecule has 6 heteroatoms. The fraction of sp³-hybridized carbons (Fsp3) is 0.692. The molecule has 1 atom stereocenters. The van der Waals surface area contributed by atoms with Crippen LogP contribution in [0.3, 0.4) is 0 Å². The number of piperidine rings is 1. The molecule has 1 rings (SSSR count). The molecule has 0 aromatic rings. The highest BCUT2D eigenvalue weighted by Gasteiger charge is 2.25. The molecule has 108 valence electrons. The Morgan fingerprint density at radius 1 is 1.58 bits per heavy atom. The first-order chi connectivity index (χ1) is 9.04. The Balaban J connectivity index is 2.38. The molecule has 6 nitrogen and oxygen atoms in total. The number of urea groups is 1. The third-order valence-electron chi connectivity index (χ3n) is 3.10. The fourth-order valence-electron chi connectivity index (χ4n) is 2.20. The molecule has 0 aliphatic carbocycles. The highest BCUT2D eigenvalue weighted by atomic mass is 16.5. The minimum Gasteiger partial charge on any atom is -0.480 e. The molecule has 0 bridgehead atoms. The van der Waals surface area contributed by atoms with E-state index in [4.69, 9.17) is 9.84 Å². The number of carboxylic acids is 1. The minimum atomic E-state index is -0.963. The van der Waals surface area contributed by atoms with Gasteiger partial charge in [-0.15, -0.1) is 6.58 Å². The molecule has 1 N–H and O–H groups in total. The summed E-state index contributed by atoms with van der Waals surface area (Å²) >= 11 is 0. The van der Waals surface area contributed by atoms with E-state index < -0.39 is 5.97 Å². The molecule has 0 aromatic carbocycles. The van der Waals surface area contributed by atoms with Crippen LogP contribution in [0.5, 0.6) is 0 Å². The van der Waals surface area contributed by atoms with Gasteiger partial charge in [0.15, 0.2) is 0 Å². The Bertz CT molecular complexity index is 333. The number of aliphatic carboxylic acids is 1. The number of nitrogens with zero attached hydrogens (tertiary/aromatic N) is 2. The zero-order chi connectivity index (χ0) is 14.3. The van der Waals surface area contributed by atoms with Crippen molar-refractivity contribution in [1.82, 2.24) is 9.80 Å². The maximum Gasteiger partial charge on any atom is 0.329 e. The number of likely N-dealkylation sites (N-methyl/N-ethyl adjacent to an activating group) is 1. The predicted molar refractivity (Wildman–Crippen MR) is 71.0 cm³/mol. The molecular weight excluding hydrogens is 248 g/mol. The summed E-state index contributed by atoms with van der Waals surface area (Å²) in [6.07, 6.45) is 3.58. The SMILES string of the molecule is C=CCN(C)C(=O)N1CCCC(COCC(=O)O)C1. The maximum atomic E-state index is 12.1. The summed E-state index contributed by atoms with van der Waals surface area (Å²) in [4.78, 5) is 25.9. The molecule has 1 aliphatic heterocycles. The molecule has 0 spiro atoms. The van der Waals surface area contributed by atoms with Gasteiger partial charge < -0.3 is 19.6 Å². The van der Waals surface area contributed by atoms with Crippen LogP contribution in [0, 0.1) is 5.92 Å². The van der Waals surface area contributed by atoms with Gasteiger partial charge in [-0.3, -0.25) is 0 Å². The van der Waals surface area contributed by atoms with E-state index in [9.17, 15) is 9.59 Å². The Labute approximate surface area is 113 Å². The lowest BCUT2D eigenvalue weighted by atomic mass is 9.99. The summed E-state index contributed by atoms with van der Waals surface area (Å²) in [5, 5.41) is 8.51. The van der Waals surface area contributed by atoms with Gasteiger partial charge in [0.25, 0.3) is 0 Å². The topological polar surface area (TPSA) is 70.1 Å². The van der Waals surface area contributed by atoms with Crippen LogP contribution in [0.25, 0.3) is 0 Å². The predicted octanol–water partition coefficient (Wildman–Crippen LogP) is 1.04. The van der Waals surface area contributed by atoms with Crippen LogP contribution in [-0.4, -0.2) is 66.8 Å². The summed E-state index contributed by atoms with van der Waals surface area (Å²) in [7, 11) is 1.74. The molecule has 0 radical (unpaired) electrons. The van der Waals surface area contributed by atoms with Crippen molar-refractivity contribution in [2.24, 2.45) is 5.92 Å². The number of carbonyl (C=O) groups is 2. The van der Waals surface area contributed by atoms with Crippen LogP contribution in [0.4, 0.5) is 4.79 Å². The van der Waals surface area contributed by atoms with Crippen molar-refractivity contribution in [3.05, 3.63) is 12.7 Å². The second-order valence-electron chi connectivity index (χ2n) is 4.81. The molecule has 0 saturated carbocycles. The highest BCUT2D eigenvalue weighted by molar-refractivity contribution is 5.74. The van der Waals surface area contributed by atoms with Crippen LogP contribution < -0.4 is 0 Å². The zero-order valence-electron chi connectivity index (χ0n) is 11.4. The quantitative estimate of drug-likeness (QED) is 0.732. The van der Waals surface area contributed by atoms with E-state index in [1.54, 1.807) is 22.9 Å². The van der Waals surface area contributed by atoms with Crippen molar-refractivity contribution in [2.45, 2.75) is 12.8 Å². The van der Waals surface area contributed by atoms with Gasteiger partial charge in [0.1, 0.15) is 6.61 Å². The molecular formula is C13H22N2O4. The van der Waals surface area contributed by atoms with Crippen LogP contribution in [0.1, 0.15) is 12.8 Å². The zero-order valence-corrected chi connectivity index (χ0v) is 11.4. The Hall–Kier alpha value is -1.56. The lowest BCUT2D eigenvalue weighted by molar-refractivity contribution is -0.142. The number of carbonyl (C=O) groups excluding carboxylic acids is 1. The molecule has 1 saturated heterocycles. The van der Waals surface area contributed by atoms with E-state index in [1.165, 1.54) is 0 Å². The number of ether oxygens (including phenoxy) is 1. The number of carboxylic acid groups (broad SMARTS) is 1. The van der Waals surface area contributed by atoms with E-state index in [2.05, 4.69) is 6.58 Å². The van der Waals surface area contributed by atoms with E-state index in [0.29, 0.717) is 19.7 Å². The number of rotatable bonds is 6. The summed E-state index contributed by atoms with van der Waals surface area (Å²) in [5.74, 6) is -0.747. The third kappa shape index (κ3) is 5.30. The van der Waals surface area contributed by atoms with Crippen molar-refractivity contribution >= 4 is 12.0 Å². The fourth-order valence-corrected chi connectivity index (χ4v) is 2.20. The van der Waals surface area contributed by atoms with Crippen LogP contribution >= 0.6 is 0 Å². The van der Waals surface area contributed by atoms with Gasteiger partial charge in [-0.2, -0.15) is 0 Å². The van der Waals surface area contributed by atoms with E-state index in [0.717, 1.165) is 19.4 Å². The molecule has 19 heavy (non-hydrogen) atoms. The largest absolute Gasteiger partial charge is 0.480 e. The van der Waals surface area contributed by atoms with Gasteiger partial charge in [0.05, 0.1) is 6.61 Å². The molecule has 1 aliphatic rings. The second kappa shape index (κ2) is 7.78. The standard InChI is InChI=1S/C13H22N2O4/c1-3-6-14(2)13(18)15-7-4-5-11(8-15)9-19-10-12(16)17/h3,11H,1,4-10H2,2H3,(H,16,17). The third-order valence-corrected chi connectivity index (χ3v) is 3.10. The highest BCUT2D eigenvalue weighted by Crippen LogP contribution is 2.17. The van der Waals surface area contributed by atoms with Crippen molar-refractivity contribution < 1.29 is 19.4 Å². The van der Waals surface area contributed by atoms with Crippen molar-refractivity contribution in [2.75, 3.05) is 39.9 Å². The lowest BCUT2D eigenvalue weighted by Crippen LogP contribution is -2.47. The van der Waals surface area contributed by atoms with Crippen LogP contribution in [0.15, 0.2) is 12.7 Å². The number of amides is 2. The van der Waals surface area contributed by atoms with E-state index in [1.807, 2.05) is 0 Å². The average Bonchev–Trinajstić information content (AvgIpc) is 2.38. The normalized spacial score (nSPS) is 19.0. The number of hydrogen-bond donors (Lipinski definition) is 1. The van der Waals surface area contributed by atoms with Crippen molar-refractivity contribution in [1.29, 1.82) is 0 Å². The van der Waals surface area contributed by atoms with Gasteiger partial charge in [-0.25, -0.2) is 9.59 Å². The molecule has 2 amide bonds. The van der Waals surface area contributed by atoms with Gasteiger partial charge in [0.2, 0.25) is 0 Å². The first kappa shape index (κ1) is 15.5. The average molecular weight is 270 g/mol. The molecule has 1 fully saturated rings. The second-order valence-corrected chi connectivity index (χ2v) is 4.81. The number of likely N-dealkylation sites (tertiary alicyclic amines) is 1. The Kier molecular flexibility index (Phi) is 6.35. The Morgan fingerprint density at radius 2 is 2.32 bits per heavy atom. The monoisotopic (exact) mass is 270 g/mol. The molecule has 1 heterocycles. The summed E-state index contributed by atoms with van der Waals surface area (Å²) in [6.45, 7) is 5.62. The van der Waals surface area contributed by atoms with E-state index >= 15 is 0 Å². The van der Waals surface area contributed by atoms with Crippen LogP contribution in [-0.2, 0) is 9.53 Å². The first-order valence-corrected chi connectivity index (χ1v) is 6.45. The van der Waals surface area contributed by atoms with Gasteiger partial charge in [0, 0.05) is 32.6 Å². The lowest BCUT2D eigenvalue weighted by Gasteiger charge is -2.34. The minimum absolute atomic E-state index is 0.0113. The first-order valence-electron chi connectivity index (χ1n) is 6.45. The Morgan fingerprint density at radius 3 is 2.95 bits per heavy atom.